The summed E-state index contributed by atoms with van der Waals surface area (Å²) in [5.74, 6) is 0.0325. The van der Waals surface area contributed by atoms with Crippen LogP contribution in [-0.4, -0.2) is 33.3 Å². The monoisotopic (exact) mass is 473 g/mol. The molecule has 2 atom stereocenters. The molecule has 0 spiro atoms. The SMILES string of the molecule is CC(C)C1Oc2ccc(Br)cc2C(C(=O)NC(C)(C)C)N(Cc2cccnc2)C1=O. The first kappa shape index (κ1) is 22.3. The summed E-state index contributed by atoms with van der Waals surface area (Å²) in [4.78, 5) is 32.9. The predicted octanol–water partition coefficient (Wildman–Crippen LogP) is 4.25. The van der Waals surface area contributed by atoms with Crippen LogP contribution < -0.4 is 10.1 Å². The molecule has 1 N–H and O–H groups in total. The van der Waals surface area contributed by atoms with E-state index in [1.807, 2.05) is 65.0 Å². The van der Waals surface area contributed by atoms with Crippen molar-refractivity contribution >= 4 is 27.7 Å². The van der Waals surface area contributed by atoms with Gasteiger partial charge in [0.15, 0.2) is 6.10 Å². The summed E-state index contributed by atoms with van der Waals surface area (Å²) >= 11 is 3.50. The van der Waals surface area contributed by atoms with Crippen molar-refractivity contribution in [1.29, 1.82) is 0 Å². The van der Waals surface area contributed by atoms with Gasteiger partial charge < -0.3 is 15.0 Å². The normalized spacial score (nSPS) is 19.2. The number of halogens is 1. The van der Waals surface area contributed by atoms with E-state index in [-0.39, 0.29) is 24.3 Å². The molecule has 0 saturated carbocycles. The first-order chi connectivity index (χ1) is 14.1. The van der Waals surface area contributed by atoms with Gasteiger partial charge in [-0.25, -0.2) is 0 Å². The molecule has 0 bridgehead atoms. The minimum absolute atomic E-state index is 0.0603. The van der Waals surface area contributed by atoms with Crippen LogP contribution in [0.15, 0.2) is 47.2 Å². The molecule has 2 aromatic rings. The number of hydrogen-bond acceptors (Lipinski definition) is 4. The highest BCUT2D eigenvalue weighted by Crippen LogP contribution is 2.38. The number of carbonyl (C=O) groups is 2. The largest absolute Gasteiger partial charge is 0.480 e. The lowest BCUT2D eigenvalue weighted by atomic mass is 9.99. The Balaban J connectivity index is 2.16. The molecule has 0 fully saturated rings. The van der Waals surface area contributed by atoms with Crippen molar-refractivity contribution in [2.45, 2.75) is 58.8 Å². The molecule has 2 amide bonds. The highest BCUT2D eigenvalue weighted by atomic mass is 79.9. The van der Waals surface area contributed by atoms with Crippen LogP contribution in [0.3, 0.4) is 0 Å². The van der Waals surface area contributed by atoms with Crippen LogP contribution in [0.1, 0.15) is 51.8 Å². The third-order valence-electron chi connectivity index (χ3n) is 4.79. The van der Waals surface area contributed by atoms with Crippen molar-refractivity contribution in [3.63, 3.8) is 0 Å². The number of pyridine rings is 1. The molecule has 30 heavy (non-hydrogen) atoms. The second kappa shape index (κ2) is 8.76. The van der Waals surface area contributed by atoms with Gasteiger partial charge in [0, 0.05) is 34.5 Å². The maximum absolute atomic E-state index is 13.6. The smallest absolute Gasteiger partial charge is 0.265 e. The van der Waals surface area contributed by atoms with Gasteiger partial charge in [0.2, 0.25) is 5.91 Å². The first-order valence-electron chi connectivity index (χ1n) is 10.0. The highest BCUT2D eigenvalue weighted by Gasteiger charge is 2.42. The van der Waals surface area contributed by atoms with E-state index in [2.05, 4.69) is 26.2 Å². The van der Waals surface area contributed by atoms with E-state index in [1.165, 1.54) is 0 Å². The van der Waals surface area contributed by atoms with E-state index < -0.39 is 17.7 Å². The van der Waals surface area contributed by atoms with Crippen LogP contribution in [0.4, 0.5) is 0 Å². The lowest BCUT2D eigenvalue weighted by molar-refractivity contribution is -0.147. The van der Waals surface area contributed by atoms with Crippen molar-refractivity contribution in [3.8, 4) is 5.75 Å². The zero-order valence-electron chi connectivity index (χ0n) is 18.0. The number of amides is 2. The molecule has 1 aliphatic heterocycles. The number of aromatic nitrogens is 1. The highest BCUT2D eigenvalue weighted by molar-refractivity contribution is 9.10. The summed E-state index contributed by atoms with van der Waals surface area (Å²) in [6.45, 7) is 9.91. The summed E-state index contributed by atoms with van der Waals surface area (Å²) in [7, 11) is 0. The maximum Gasteiger partial charge on any atom is 0.265 e. The number of fused-ring (bicyclic) bond motifs is 1. The Morgan fingerprint density at radius 2 is 2.03 bits per heavy atom. The van der Waals surface area contributed by atoms with E-state index in [0.717, 1.165) is 10.0 Å². The summed E-state index contributed by atoms with van der Waals surface area (Å²) in [6.07, 6.45) is 2.71. The molecule has 0 aliphatic carbocycles. The molecule has 0 radical (unpaired) electrons. The van der Waals surface area contributed by atoms with Crippen LogP contribution in [0, 0.1) is 5.92 Å². The van der Waals surface area contributed by atoms with E-state index in [0.29, 0.717) is 11.3 Å². The lowest BCUT2D eigenvalue weighted by Gasteiger charge is -2.33. The van der Waals surface area contributed by atoms with Gasteiger partial charge in [0.1, 0.15) is 11.8 Å². The number of ether oxygens (including phenoxy) is 1. The van der Waals surface area contributed by atoms with E-state index in [1.54, 1.807) is 17.3 Å². The van der Waals surface area contributed by atoms with Crippen molar-refractivity contribution < 1.29 is 14.3 Å². The third kappa shape index (κ3) is 5.01. The number of nitrogens with zero attached hydrogens (tertiary/aromatic N) is 2. The van der Waals surface area contributed by atoms with E-state index in [9.17, 15) is 9.59 Å². The van der Waals surface area contributed by atoms with Gasteiger partial charge in [-0.15, -0.1) is 0 Å². The van der Waals surface area contributed by atoms with Gasteiger partial charge in [-0.05, 0) is 56.5 Å². The average Bonchev–Trinajstić information content (AvgIpc) is 2.76. The van der Waals surface area contributed by atoms with Crippen LogP contribution >= 0.6 is 15.9 Å². The molecular weight excluding hydrogens is 446 g/mol. The van der Waals surface area contributed by atoms with Gasteiger partial charge in [0.05, 0.1) is 0 Å². The van der Waals surface area contributed by atoms with Crippen LogP contribution in [0.5, 0.6) is 5.75 Å². The van der Waals surface area contributed by atoms with Gasteiger partial charge in [0.25, 0.3) is 5.91 Å². The molecule has 160 valence electrons. The maximum atomic E-state index is 13.6. The standard InChI is InChI=1S/C23H28BrN3O3/c1-14(2)20-22(29)27(13-15-7-6-10-25-12-15)19(21(28)26-23(3,4)5)17-11-16(24)8-9-18(17)30-20/h6-12,14,19-20H,13H2,1-5H3,(H,26,28). The third-order valence-corrected chi connectivity index (χ3v) is 5.28. The summed E-state index contributed by atoms with van der Waals surface area (Å²) in [6, 6.07) is 8.42. The fourth-order valence-corrected chi connectivity index (χ4v) is 3.86. The minimum Gasteiger partial charge on any atom is -0.480 e. The summed E-state index contributed by atoms with van der Waals surface area (Å²) in [5, 5.41) is 3.04. The molecule has 2 heterocycles. The van der Waals surface area contributed by atoms with Crippen LogP contribution in [0.2, 0.25) is 0 Å². The average molecular weight is 474 g/mol. The van der Waals surface area contributed by atoms with Crippen molar-refractivity contribution in [2.24, 2.45) is 5.92 Å². The predicted molar refractivity (Wildman–Crippen MR) is 119 cm³/mol. The Labute approximate surface area is 186 Å². The Kier molecular flexibility index (Phi) is 6.50. The Hall–Kier alpha value is -2.41. The Morgan fingerprint density at radius 3 is 2.63 bits per heavy atom. The fourth-order valence-electron chi connectivity index (χ4n) is 3.49. The first-order valence-corrected chi connectivity index (χ1v) is 10.8. The van der Waals surface area contributed by atoms with Crippen LogP contribution in [0.25, 0.3) is 0 Å². The molecule has 1 aromatic carbocycles. The topological polar surface area (TPSA) is 71.5 Å². The molecule has 0 saturated heterocycles. The molecule has 3 rings (SSSR count). The zero-order valence-corrected chi connectivity index (χ0v) is 19.6. The molecule has 7 heteroatoms. The number of benzene rings is 1. The second-order valence-electron chi connectivity index (χ2n) is 8.93. The fraction of sp³-hybridized carbons (Fsp3) is 0.435. The summed E-state index contributed by atoms with van der Waals surface area (Å²) < 4.78 is 6.97. The van der Waals surface area contributed by atoms with E-state index >= 15 is 0 Å². The van der Waals surface area contributed by atoms with E-state index in [4.69, 9.17) is 4.74 Å². The van der Waals surface area contributed by atoms with Crippen molar-refractivity contribution in [3.05, 3.63) is 58.3 Å². The molecule has 6 nitrogen and oxygen atoms in total. The Morgan fingerprint density at radius 1 is 1.30 bits per heavy atom. The minimum atomic E-state index is -0.826. The van der Waals surface area contributed by atoms with Gasteiger partial charge in [-0.1, -0.05) is 35.8 Å². The number of rotatable bonds is 4. The quantitative estimate of drug-likeness (QED) is 0.720. The van der Waals surface area contributed by atoms with Gasteiger partial charge in [-0.3, -0.25) is 14.6 Å². The number of nitrogens with one attached hydrogen (secondary N) is 1. The van der Waals surface area contributed by atoms with Crippen LogP contribution in [-0.2, 0) is 16.1 Å². The molecule has 2 unspecified atom stereocenters. The molecular formula is C23H28BrN3O3. The van der Waals surface area contributed by atoms with Gasteiger partial charge in [-0.2, -0.15) is 0 Å². The van der Waals surface area contributed by atoms with Gasteiger partial charge >= 0.3 is 0 Å². The molecule has 1 aliphatic rings. The molecule has 1 aromatic heterocycles. The Bertz CT molecular complexity index is 925. The van der Waals surface area contributed by atoms with Crippen molar-refractivity contribution in [2.75, 3.05) is 0 Å². The zero-order chi connectivity index (χ0) is 22.1. The lowest BCUT2D eigenvalue weighted by Crippen LogP contribution is -2.51. The van der Waals surface area contributed by atoms with Crippen molar-refractivity contribution in [1.82, 2.24) is 15.2 Å². The second-order valence-corrected chi connectivity index (χ2v) is 9.85. The summed E-state index contributed by atoms with van der Waals surface area (Å²) in [5.41, 5.74) is 1.06. The number of hydrogen-bond donors (Lipinski definition) is 1. The number of carbonyl (C=O) groups excluding carboxylic acids is 2.